The largest absolute Gasteiger partial charge is 0.480 e. The van der Waals surface area contributed by atoms with Crippen LogP contribution in [-0.4, -0.2) is 133 Å². The number of carboxylic acids is 1. The zero-order chi connectivity index (χ0) is 59.4. The molecule has 4 N–H and O–H groups in total. The summed E-state index contributed by atoms with van der Waals surface area (Å²) in [5.74, 6) is 0.250. The Kier molecular flexibility index (Phi) is 23.1. The minimum atomic E-state index is -1.03. The number of amides is 3. The number of ketones is 2. The minimum Gasteiger partial charge on any atom is -0.480 e. The summed E-state index contributed by atoms with van der Waals surface area (Å²) in [4.78, 5) is 101. The summed E-state index contributed by atoms with van der Waals surface area (Å²) in [7, 11) is 2.98. The van der Waals surface area contributed by atoms with E-state index in [1.807, 2.05) is 56.3 Å². The predicted molar refractivity (Wildman–Crippen MR) is 343 cm³/mol. The van der Waals surface area contributed by atoms with E-state index in [2.05, 4.69) is 110 Å². The molecule has 6 aromatic heterocycles. The van der Waals surface area contributed by atoms with E-state index < -0.39 is 12.0 Å². The number of nitrogens with one attached hydrogen (secondary N) is 3. The van der Waals surface area contributed by atoms with Crippen LogP contribution < -0.4 is 25.4 Å². The molecule has 8 heterocycles. The predicted octanol–water partition coefficient (Wildman–Crippen LogP) is 8.59. The van der Waals surface area contributed by atoms with Crippen molar-refractivity contribution in [2.24, 2.45) is 11.8 Å². The molecule has 0 unspecified atom stereocenters. The Balaban J connectivity index is 0.000000219. The Bertz CT molecular complexity index is 3830. The Labute approximate surface area is 534 Å². The molecule has 2 saturated heterocycles. The number of carboxylic acid groups (broad SMARTS) is 1. The van der Waals surface area contributed by atoms with Crippen molar-refractivity contribution < 1.29 is 43.3 Å². The number of methoxy groups -OCH3 is 2. The molecule has 4 aliphatic rings. The number of hydrogen-bond acceptors (Lipinski definition) is 19. The molecule has 23 nitrogen and oxygen atoms in total. The molecule has 452 valence electrons. The highest BCUT2D eigenvalue weighted by molar-refractivity contribution is 9.10. The first-order chi connectivity index (χ1) is 39.8. The zero-order valence-corrected chi connectivity index (χ0v) is 53.0. The van der Waals surface area contributed by atoms with Crippen LogP contribution in [0.5, 0.6) is 12.0 Å². The summed E-state index contributed by atoms with van der Waals surface area (Å²) < 4.78 is 14.2. The highest BCUT2D eigenvalue weighted by atomic mass is 79.9. The van der Waals surface area contributed by atoms with E-state index in [0.717, 1.165) is 56.7 Å². The van der Waals surface area contributed by atoms with Crippen molar-refractivity contribution in [1.29, 1.82) is 0 Å². The lowest BCUT2D eigenvalue weighted by molar-refractivity contribution is -0.138. The van der Waals surface area contributed by atoms with Gasteiger partial charge in [0.15, 0.2) is 11.6 Å². The van der Waals surface area contributed by atoms with Gasteiger partial charge in [-0.3, -0.25) is 38.1 Å². The Morgan fingerprint density at radius 3 is 1.55 bits per heavy atom. The second-order valence-electron chi connectivity index (χ2n) is 20.1. The first-order valence-corrected chi connectivity index (χ1v) is 28.9. The number of ether oxygens (including phenoxy) is 2. The fourth-order valence-corrected chi connectivity index (χ4v) is 10.8. The van der Waals surface area contributed by atoms with Crippen LogP contribution in [0.4, 0.5) is 11.6 Å². The number of carbonyl (C=O) groups is 6. The molecule has 6 atom stereocenters. The highest BCUT2D eigenvalue weighted by Crippen LogP contribution is 2.48. The molecule has 2 aliphatic carbocycles. The van der Waals surface area contributed by atoms with E-state index in [-0.39, 0.29) is 111 Å². The summed E-state index contributed by atoms with van der Waals surface area (Å²) in [6.45, 7) is 6.26. The van der Waals surface area contributed by atoms with Crippen LogP contribution >= 0.6 is 57.8 Å². The number of likely N-dealkylation sites (tertiary alicyclic amines) is 1. The summed E-state index contributed by atoms with van der Waals surface area (Å²) in [5, 5.41) is 28.0. The van der Waals surface area contributed by atoms with Gasteiger partial charge >= 0.3 is 18.0 Å². The SMILES string of the molecule is C.COc1ncc(-c2ccc3c(c2)c(C(C)=O)nn3CC(=O)N2[C@@H]3C[C@@H]3C[C@H]2C(=O)Nc2nc(Br)ccc2C)cn1.COc1ncc(-c2ccc3c(c2)c(C(C)=O)nn3CC(=O)O)cn1.Cc1ccc(Br)nc1NC(=O)[C@@H]1C[C@H]2C[C@H]2N1.Cl.S.S=S. The zero-order valence-electron chi connectivity index (χ0n) is 46.4. The number of anilines is 2. The fourth-order valence-electron chi connectivity index (χ4n) is 10.2. The number of hydrogen-bond donors (Lipinski definition) is 4. The third-order valence-electron chi connectivity index (χ3n) is 14.5. The molecule has 0 spiro atoms. The molecule has 8 aromatic rings. The van der Waals surface area contributed by atoms with Crippen LogP contribution in [0, 0.1) is 25.7 Å². The van der Waals surface area contributed by atoms with E-state index in [0.29, 0.717) is 56.4 Å². The summed E-state index contributed by atoms with van der Waals surface area (Å²) >= 11 is 14.0. The van der Waals surface area contributed by atoms with Crippen molar-refractivity contribution in [2.45, 2.75) is 98.1 Å². The van der Waals surface area contributed by atoms with Crippen LogP contribution in [0.15, 0.2) is 94.7 Å². The van der Waals surface area contributed by atoms with Crippen molar-refractivity contribution in [3.8, 4) is 34.3 Å². The Morgan fingerprint density at radius 1 is 0.651 bits per heavy atom. The van der Waals surface area contributed by atoms with Crippen LogP contribution in [0.25, 0.3) is 44.1 Å². The summed E-state index contributed by atoms with van der Waals surface area (Å²) in [6.07, 6.45) is 10.2. The maximum atomic E-state index is 13.7. The monoisotopic (exact) mass is 1370 g/mol. The lowest BCUT2D eigenvalue weighted by atomic mass is 10.0. The average Bonchev–Trinajstić information content (AvgIpc) is 4.29. The van der Waals surface area contributed by atoms with Gasteiger partial charge < -0.3 is 35.4 Å². The van der Waals surface area contributed by atoms with Gasteiger partial charge in [-0.25, -0.2) is 29.9 Å². The van der Waals surface area contributed by atoms with Crippen molar-refractivity contribution >= 4 is 149 Å². The van der Waals surface area contributed by atoms with Crippen molar-refractivity contribution in [3.05, 3.63) is 117 Å². The minimum absolute atomic E-state index is 0. The third kappa shape index (κ3) is 15.4. The molecular formula is C57H61Br2ClN14O9S3. The summed E-state index contributed by atoms with van der Waals surface area (Å²) in [5.41, 5.74) is 6.65. The number of aromatic nitrogens is 10. The van der Waals surface area contributed by atoms with Gasteiger partial charge in [0.1, 0.15) is 51.4 Å². The van der Waals surface area contributed by atoms with Gasteiger partial charge in [0.05, 0.1) is 31.3 Å². The molecule has 0 bridgehead atoms. The van der Waals surface area contributed by atoms with Gasteiger partial charge in [0.25, 0.3) is 0 Å². The van der Waals surface area contributed by atoms with Crippen LogP contribution in [0.3, 0.4) is 0 Å². The van der Waals surface area contributed by atoms with E-state index in [4.69, 9.17) is 14.6 Å². The second kappa shape index (κ2) is 29.4. The number of carbonyl (C=O) groups excluding carboxylic acids is 5. The maximum absolute atomic E-state index is 13.7. The molecule has 86 heavy (non-hydrogen) atoms. The van der Waals surface area contributed by atoms with Crippen LogP contribution in [0.2, 0.25) is 0 Å². The van der Waals surface area contributed by atoms with Gasteiger partial charge in [-0.15, -0.1) is 12.4 Å². The Hall–Kier alpha value is -7.34. The molecule has 3 amide bonds. The van der Waals surface area contributed by atoms with Crippen molar-refractivity contribution in [2.75, 3.05) is 24.9 Å². The van der Waals surface area contributed by atoms with E-state index >= 15 is 0 Å². The van der Waals surface area contributed by atoms with E-state index in [1.54, 1.807) is 52.6 Å². The number of rotatable bonds is 14. The lowest BCUT2D eigenvalue weighted by Gasteiger charge is -2.27. The van der Waals surface area contributed by atoms with Gasteiger partial charge in [-0.05, 0) is 142 Å². The normalized spacial score (nSPS) is 18.0. The average molecular weight is 1380 g/mol. The quantitative estimate of drug-likeness (QED) is 0.0585. The molecule has 2 aliphatic heterocycles. The van der Waals surface area contributed by atoms with Gasteiger partial charge in [0.2, 0.25) is 17.7 Å². The molecule has 4 fully saturated rings. The third-order valence-corrected chi connectivity index (χ3v) is 15.4. The van der Waals surface area contributed by atoms with E-state index in [9.17, 15) is 28.8 Å². The molecular weight excluding hydrogens is 1320 g/mol. The molecule has 2 saturated carbocycles. The molecule has 0 radical (unpaired) electrons. The van der Waals surface area contributed by atoms with Crippen LogP contribution in [-0.2, 0) is 54.6 Å². The number of benzene rings is 2. The Morgan fingerprint density at radius 2 is 1.12 bits per heavy atom. The number of aliphatic carboxylic acids is 1. The lowest BCUT2D eigenvalue weighted by Crippen LogP contribution is -2.47. The number of piperidine rings is 2. The first kappa shape index (κ1) is 67.8. The van der Waals surface area contributed by atoms with E-state index in [1.165, 1.54) is 39.2 Å². The fraction of sp³-hybridized carbons (Fsp3) is 0.333. The molecule has 12 rings (SSSR count). The standard InChI is InChI=1S/C28H26BrN7O4.C16H14N4O4.C12H14BrN3O.CH4.ClH.S2.H2S/c1-14-4-7-23(29)32-26(14)33-27(39)22-10-17-9-21(17)36(22)24(38)13-35-20-6-5-16(8-19(20)25(34-35)15(2)37)18-11-30-28(40-3)31-12-18;1-9(21)15-12-5-10(11-6-17-16(24-2)18-7-11)3-4-13(12)20(19-15)8-14(22)23;1-6-2-3-10(13)15-11(6)16-12(17)9-5-7-4-8(7)14-9;;;1-2;/h4-8,11-12,17,21-22H,9-10,13H2,1-3H3,(H,32,33,39);3-7H,8H2,1-2H3,(H,22,23);2-3,7-9,14H,4-5H2,1H3,(H,15,16,17);1H4;1H;;1H2/t17-,21-,22+;;7-,8-,9+;;;;/m1.1..../s1. The highest BCUT2D eigenvalue weighted by Gasteiger charge is 2.56. The number of nitrogens with zero attached hydrogens (tertiary/aromatic N) is 11. The topological polar surface area (TPSA) is 293 Å². The van der Waals surface area contributed by atoms with Gasteiger partial charge in [0, 0.05) is 95.0 Å². The van der Waals surface area contributed by atoms with Gasteiger partial charge in [-0.1, -0.05) is 31.7 Å². The second-order valence-corrected chi connectivity index (χ2v) is 21.8. The first-order valence-electron chi connectivity index (χ1n) is 26.0. The molecule has 29 heteroatoms. The van der Waals surface area contributed by atoms with Crippen LogP contribution in [0.1, 0.15) is 79.1 Å². The van der Waals surface area contributed by atoms with Gasteiger partial charge in [-0.2, -0.15) is 23.7 Å². The van der Waals surface area contributed by atoms with Crippen molar-refractivity contribution in [1.82, 2.24) is 59.7 Å². The summed E-state index contributed by atoms with van der Waals surface area (Å²) in [6, 6.07) is 18.9. The molecule has 2 aromatic carbocycles. The number of aryl methyl sites for hydroxylation is 2. The number of pyridine rings is 2. The van der Waals surface area contributed by atoms with Crippen molar-refractivity contribution in [3.63, 3.8) is 0 Å². The number of halogens is 3. The maximum Gasteiger partial charge on any atom is 0.325 e. The smallest absolute Gasteiger partial charge is 0.325 e. The number of fused-ring (bicyclic) bond motifs is 4. The number of Topliss-reactive ketones (excluding diaryl/α,β-unsaturated/α-hetero) is 2.